The molecule has 6 radical (unpaired) electrons. The van der Waals surface area contributed by atoms with Crippen LogP contribution in [0.3, 0.4) is 0 Å². The number of hydrogen-bond donors (Lipinski definition) is 0. The predicted octanol–water partition coefficient (Wildman–Crippen LogP) is 1.60. The van der Waals surface area contributed by atoms with Crippen LogP contribution in [-0.2, 0) is 33.4 Å². The number of carbonyl (C=O) groups excluding carboxylic acids is 4. The van der Waals surface area contributed by atoms with Gasteiger partial charge in [-0.25, -0.2) is 0 Å². The zero-order valence-corrected chi connectivity index (χ0v) is 19.0. The summed E-state index contributed by atoms with van der Waals surface area (Å²) < 4.78 is 29.3. The van der Waals surface area contributed by atoms with E-state index in [0.29, 0.717) is 20.7 Å². The van der Waals surface area contributed by atoms with Gasteiger partial charge in [0, 0.05) is 35.7 Å². The maximum absolute atomic E-state index is 14.7. The smallest absolute Gasteiger partial charge is 0.348 e. The fourth-order valence-corrected chi connectivity index (χ4v) is 4.25. The molecule has 4 amide bonds. The van der Waals surface area contributed by atoms with Crippen LogP contribution in [0.2, 0.25) is 5.02 Å². The Labute approximate surface area is 208 Å². The Morgan fingerprint density at radius 3 is 2.46 bits per heavy atom. The average molecular weight is 491 g/mol. The average Bonchev–Trinajstić information content (AvgIpc) is 3.16. The SMILES string of the molecule is [B]N(Cc1ccc2c(c1)CN(C1([B])CCC(=O)N([B])C1=O)C2=O)C(=O)C(F)(F)c1ccc(Cl)cc1. The van der Waals surface area contributed by atoms with E-state index in [0.717, 1.165) is 17.0 Å². The van der Waals surface area contributed by atoms with Crippen molar-refractivity contribution in [2.75, 3.05) is 0 Å². The van der Waals surface area contributed by atoms with E-state index in [1.54, 1.807) is 0 Å². The van der Waals surface area contributed by atoms with Crippen molar-refractivity contribution in [3.8, 4) is 0 Å². The van der Waals surface area contributed by atoms with Crippen LogP contribution in [0.4, 0.5) is 8.78 Å². The number of halogens is 3. The molecule has 0 aliphatic carbocycles. The highest BCUT2D eigenvalue weighted by molar-refractivity contribution is 6.38. The summed E-state index contributed by atoms with van der Waals surface area (Å²) in [4.78, 5) is 51.5. The van der Waals surface area contributed by atoms with Gasteiger partial charge in [-0.05, 0) is 35.7 Å². The quantitative estimate of drug-likeness (QED) is 0.471. The number of hydrogen-bond acceptors (Lipinski definition) is 4. The summed E-state index contributed by atoms with van der Waals surface area (Å²) in [6.45, 7) is -0.451. The van der Waals surface area contributed by atoms with E-state index in [4.69, 9.17) is 35.4 Å². The maximum Gasteiger partial charge on any atom is 0.348 e. The molecule has 35 heavy (non-hydrogen) atoms. The first-order valence-electron chi connectivity index (χ1n) is 10.4. The molecule has 2 aliphatic rings. The van der Waals surface area contributed by atoms with Crippen molar-refractivity contribution in [2.24, 2.45) is 0 Å². The minimum absolute atomic E-state index is 0.0776. The molecule has 0 spiro atoms. The Morgan fingerprint density at radius 2 is 1.80 bits per heavy atom. The van der Waals surface area contributed by atoms with Crippen LogP contribution in [-0.4, -0.2) is 67.4 Å². The number of carbonyl (C=O) groups is 4. The number of alkyl halides is 2. The van der Waals surface area contributed by atoms with Gasteiger partial charge in [0.05, 0.1) is 5.44 Å². The highest BCUT2D eigenvalue weighted by Gasteiger charge is 2.49. The van der Waals surface area contributed by atoms with Crippen LogP contribution in [0.25, 0.3) is 0 Å². The topological polar surface area (TPSA) is 78.0 Å². The minimum Gasteiger partial charge on any atom is -0.387 e. The molecule has 2 heterocycles. The second-order valence-electron chi connectivity index (χ2n) is 8.39. The summed E-state index contributed by atoms with van der Waals surface area (Å²) in [7, 11) is 17.4. The van der Waals surface area contributed by atoms with Gasteiger partial charge in [0.1, 0.15) is 7.85 Å². The fraction of sp³-hybridized carbons (Fsp3) is 0.273. The molecule has 7 nitrogen and oxygen atoms in total. The molecule has 0 bridgehead atoms. The number of nitrogens with zero attached hydrogens (tertiary/aromatic N) is 3. The number of piperidine rings is 1. The molecule has 1 fully saturated rings. The van der Waals surface area contributed by atoms with Crippen molar-refractivity contribution < 1.29 is 28.0 Å². The van der Waals surface area contributed by atoms with Gasteiger partial charge in [-0.1, -0.05) is 35.9 Å². The molecule has 13 heteroatoms. The lowest BCUT2D eigenvalue weighted by atomic mass is 9.68. The van der Waals surface area contributed by atoms with Gasteiger partial charge in [0.2, 0.25) is 27.8 Å². The van der Waals surface area contributed by atoms with E-state index in [9.17, 15) is 28.0 Å². The summed E-state index contributed by atoms with van der Waals surface area (Å²) in [5.74, 6) is -7.56. The molecule has 1 saturated heterocycles. The summed E-state index contributed by atoms with van der Waals surface area (Å²) in [5.41, 5.74) is -1.30. The Morgan fingerprint density at radius 1 is 1.14 bits per heavy atom. The fourth-order valence-electron chi connectivity index (χ4n) is 4.12. The van der Waals surface area contributed by atoms with Gasteiger partial charge >= 0.3 is 5.92 Å². The van der Waals surface area contributed by atoms with Crippen molar-refractivity contribution in [1.82, 2.24) is 14.5 Å². The number of benzene rings is 2. The lowest BCUT2D eigenvalue weighted by Gasteiger charge is -2.43. The van der Waals surface area contributed by atoms with E-state index < -0.39 is 40.6 Å². The first-order chi connectivity index (χ1) is 16.4. The third kappa shape index (κ3) is 4.24. The number of amides is 4. The highest BCUT2D eigenvalue weighted by Crippen LogP contribution is 2.35. The number of fused-ring (bicyclic) bond motifs is 1. The number of rotatable bonds is 5. The molecule has 0 N–H and O–H groups in total. The van der Waals surface area contributed by atoms with Crippen LogP contribution < -0.4 is 0 Å². The summed E-state index contributed by atoms with van der Waals surface area (Å²) in [5, 5.41) is 0.239. The molecular weight excluding hydrogens is 476 g/mol. The van der Waals surface area contributed by atoms with Gasteiger partial charge in [0.15, 0.2) is 0 Å². The largest absolute Gasteiger partial charge is 0.387 e. The van der Waals surface area contributed by atoms with Gasteiger partial charge < -0.3 is 14.5 Å². The third-order valence-corrected chi connectivity index (χ3v) is 6.37. The standard InChI is InChI=1S/C22H15B3ClF2N3O4/c23-21(8-7-17(32)31(25)19(21)34)29-11-13-9-12(1-6-16(13)18(29)33)10-30(24)20(35)22(27,28)14-2-4-15(26)5-3-14/h1-6,9H,7-8,10-11H2. The zero-order chi connectivity index (χ0) is 25.7. The van der Waals surface area contributed by atoms with Crippen molar-refractivity contribution in [2.45, 2.75) is 37.3 Å². The minimum atomic E-state index is -3.89. The van der Waals surface area contributed by atoms with Crippen LogP contribution in [0.5, 0.6) is 0 Å². The van der Waals surface area contributed by atoms with Gasteiger partial charge in [-0.15, -0.1) is 0 Å². The van der Waals surface area contributed by atoms with Crippen molar-refractivity contribution in [3.05, 3.63) is 69.7 Å². The highest BCUT2D eigenvalue weighted by atomic mass is 35.5. The summed E-state index contributed by atoms with van der Waals surface area (Å²) in [6, 6.07) is 8.96. The molecule has 2 aromatic carbocycles. The van der Waals surface area contributed by atoms with Crippen molar-refractivity contribution in [3.63, 3.8) is 0 Å². The van der Waals surface area contributed by atoms with E-state index in [-0.39, 0.29) is 36.5 Å². The Bertz CT molecular complexity index is 1250. The van der Waals surface area contributed by atoms with E-state index in [1.165, 1.54) is 30.3 Å². The van der Waals surface area contributed by atoms with Gasteiger partial charge in [-0.3, -0.25) is 19.2 Å². The molecule has 0 saturated carbocycles. The molecular formula is C22H15B3ClF2N3O4. The van der Waals surface area contributed by atoms with Crippen molar-refractivity contribution >= 4 is 59.0 Å². The van der Waals surface area contributed by atoms with Crippen molar-refractivity contribution in [1.29, 1.82) is 0 Å². The molecule has 0 aromatic heterocycles. The number of imide groups is 1. The predicted molar refractivity (Wildman–Crippen MR) is 123 cm³/mol. The Kier molecular flexibility index (Phi) is 6.29. The second-order valence-corrected chi connectivity index (χ2v) is 8.83. The lowest BCUT2D eigenvalue weighted by Crippen LogP contribution is -2.64. The maximum atomic E-state index is 14.7. The molecule has 1 atom stereocenters. The summed E-state index contributed by atoms with van der Waals surface area (Å²) in [6.07, 6.45) is -0.216. The normalized spacial score (nSPS) is 20.3. The molecule has 2 aromatic rings. The van der Waals surface area contributed by atoms with Crippen LogP contribution in [0, 0.1) is 0 Å². The van der Waals surface area contributed by atoms with E-state index in [2.05, 4.69) is 0 Å². The Balaban J connectivity index is 1.51. The molecule has 4 rings (SSSR count). The zero-order valence-electron chi connectivity index (χ0n) is 18.2. The first-order valence-corrected chi connectivity index (χ1v) is 10.8. The van der Waals surface area contributed by atoms with Gasteiger partial charge in [0.25, 0.3) is 11.8 Å². The van der Waals surface area contributed by atoms with E-state index >= 15 is 0 Å². The monoisotopic (exact) mass is 491 g/mol. The molecule has 1 unspecified atom stereocenters. The third-order valence-electron chi connectivity index (χ3n) is 6.12. The first kappa shape index (κ1) is 25.0. The van der Waals surface area contributed by atoms with Crippen LogP contribution in [0.1, 0.15) is 39.9 Å². The van der Waals surface area contributed by atoms with Crippen LogP contribution in [0.15, 0.2) is 42.5 Å². The molecule has 172 valence electrons. The summed E-state index contributed by atoms with van der Waals surface area (Å²) >= 11 is 5.72. The van der Waals surface area contributed by atoms with Crippen LogP contribution >= 0.6 is 11.6 Å². The second kappa shape index (κ2) is 8.82. The molecule has 2 aliphatic heterocycles. The lowest BCUT2D eigenvalue weighted by molar-refractivity contribution is -0.154. The van der Waals surface area contributed by atoms with Gasteiger partial charge in [-0.2, -0.15) is 8.78 Å². The van der Waals surface area contributed by atoms with E-state index in [1.807, 2.05) is 0 Å². The Hall–Kier alpha value is -3.14.